The van der Waals surface area contributed by atoms with Crippen molar-refractivity contribution in [2.24, 2.45) is 46.8 Å². The summed E-state index contributed by atoms with van der Waals surface area (Å²) < 4.78 is 11.2. The lowest BCUT2D eigenvalue weighted by Crippen LogP contribution is -2.62. The Balaban J connectivity index is 1.40. The first-order chi connectivity index (χ1) is 17.8. The van der Waals surface area contributed by atoms with Crippen molar-refractivity contribution in [2.45, 2.75) is 106 Å². The van der Waals surface area contributed by atoms with Crippen LogP contribution in [-0.4, -0.2) is 53.1 Å². The van der Waals surface area contributed by atoms with Crippen LogP contribution in [0.3, 0.4) is 0 Å². The summed E-state index contributed by atoms with van der Waals surface area (Å²) in [6.07, 6.45) is 10.0. The third-order valence-corrected chi connectivity index (χ3v) is 24.6. The van der Waals surface area contributed by atoms with Crippen molar-refractivity contribution in [1.82, 2.24) is 0 Å². The molecule has 0 amide bonds. The fraction of sp³-hybridized carbons (Fsp3) is 0.871. The molecule has 1 unspecified atom stereocenters. The van der Waals surface area contributed by atoms with Gasteiger partial charge in [0, 0.05) is 18.3 Å². The molecule has 9 fully saturated rings. The predicted molar refractivity (Wildman–Crippen MR) is 157 cm³/mol. The molecule has 10 aliphatic rings. The molecule has 0 N–H and O–H groups in total. The zero-order valence-corrected chi connectivity index (χ0v) is 27.6. The topological polar surface area (TPSA) is 52.6 Å². The summed E-state index contributed by atoms with van der Waals surface area (Å²) in [4.78, 5) is 27.9. The minimum Gasteiger partial charge on any atom is -0.466 e. The third-order valence-electron chi connectivity index (χ3n) is 14.1. The first-order valence-electron chi connectivity index (χ1n) is 15.5. The van der Waals surface area contributed by atoms with E-state index in [1.807, 2.05) is 0 Å². The fourth-order valence-electron chi connectivity index (χ4n) is 13.9. The fourth-order valence-corrected chi connectivity index (χ4v) is 27.3. The molecule has 3 aliphatic heterocycles. The van der Waals surface area contributed by atoms with E-state index in [0.29, 0.717) is 28.1 Å². The molecule has 208 valence electrons. The molecular formula is C31H47O4PSi2. The van der Waals surface area contributed by atoms with Gasteiger partial charge in [-0.25, -0.2) is 9.59 Å². The van der Waals surface area contributed by atoms with Gasteiger partial charge in [0.25, 0.3) is 0 Å². The highest BCUT2D eigenvalue weighted by Gasteiger charge is 2.99. The molecule has 0 radical (unpaired) electrons. The average Bonchev–Trinajstić information content (AvgIpc) is 3.30. The van der Waals surface area contributed by atoms with E-state index in [4.69, 9.17) is 9.47 Å². The van der Waals surface area contributed by atoms with Crippen molar-refractivity contribution in [3.63, 3.8) is 0 Å². The van der Waals surface area contributed by atoms with Crippen molar-refractivity contribution in [3.05, 3.63) is 10.9 Å². The van der Waals surface area contributed by atoms with Crippen molar-refractivity contribution in [3.8, 4) is 0 Å². The second kappa shape index (κ2) is 7.12. The summed E-state index contributed by atoms with van der Waals surface area (Å²) in [5.41, 5.74) is 2.60. The van der Waals surface area contributed by atoms with Gasteiger partial charge in [0.2, 0.25) is 0 Å². The van der Waals surface area contributed by atoms with Crippen molar-refractivity contribution in [2.75, 3.05) is 14.2 Å². The number of carbonyl (C=O) groups is 2. The van der Waals surface area contributed by atoms with Gasteiger partial charge < -0.3 is 9.47 Å². The van der Waals surface area contributed by atoms with Gasteiger partial charge in [0.05, 0.1) is 33.2 Å². The molecule has 0 aromatic heterocycles. The Kier molecular flexibility index (Phi) is 4.73. The highest BCUT2D eigenvalue weighted by Crippen LogP contribution is 3.07. The van der Waals surface area contributed by atoms with Crippen molar-refractivity contribution in [1.29, 1.82) is 0 Å². The lowest BCUT2D eigenvalue weighted by molar-refractivity contribution is -0.139. The van der Waals surface area contributed by atoms with Crippen LogP contribution in [0.5, 0.6) is 0 Å². The largest absolute Gasteiger partial charge is 0.466 e. The predicted octanol–water partition coefficient (Wildman–Crippen LogP) is 7.10. The van der Waals surface area contributed by atoms with Gasteiger partial charge in [-0.2, -0.15) is 0 Å². The first kappa shape index (κ1) is 25.3. The van der Waals surface area contributed by atoms with Crippen LogP contribution in [-0.2, 0) is 19.1 Å². The number of rotatable bonds is 5. The molecule has 0 spiro atoms. The summed E-state index contributed by atoms with van der Waals surface area (Å²) in [5, 5.41) is 1.06. The van der Waals surface area contributed by atoms with E-state index >= 15 is 0 Å². The first-order valence-corrected chi connectivity index (χ1v) is 24.0. The van der Waals surface area contributed by atoms with Gasteiger partial charge in [-0.1, -0.05) is 47.2 Å². The van der Waals surface area contributed by atoms with Gasteiger partial charge in [-0.15, -0.1) is 0 Å². The monoisotopic (exact) mass is 570 g/mol. The van der Waals surface area contributed by atoms with E-state index < -0.39 is 24.1 Å². The van der Waals surface area contributed by atoms with Crippen LogP contribution in [0.2, 0.25) is 49.9 Å². The Labute approximate surface area is 232 Å². The maximum absolute atomic E-state index is 14.0. The van der Waals surface area contributed by atoms with Gasteiger partial charge in [0.15, 0.2) is 0 Å². The molecule has 4 nitrogen and oxygen atoms in total. The number of methoxy groups -OCH3 is 2. The smallest absolute Gasteiger partial charge is 0.338 e. The van der Waals surface area contributed by atoms with Gasteiger partial charge in [-0.05, 0) is 103 Å². The molecule has 7 aliphatic carbocycles. The van der Waals surface area contributed by atoms with Crippen molar-refractivity contribution < 1.29 is 19.1 Å². The normalized spacial score (nSPS) is 54.5. The average molecular weight is 571 g/mol. The highest BCUT2D eigenvalue weighted by molar-refractivity contribution is 7.68. The molecule has 10 rings (SSSR count). The second-order valence-electron chi connectivity index (χ2n) is 17.1. The van der Waals surface area contributed by atoms with E-state index in [1.54, 1.807) is 7.11 Å². The standard InChI is InChI=1S/C31H47O4PSi2/c1-34-27(32)23-24(28(33)35-2)36-26-21-19(12-20(21)37(3,4)5)22-25(30(23,26)38(6,7)8)31(22,36)29-13-16-9-17(14-29)11-18(10-16)15-29/h16-22,25-26H,9-15H2,1-8H3/t16?,17?,18?,19-,20-,21-,22+,25+,26+,29?,30-,31+,36?/m0/s1. The Morgan fingerprint density at radius 1 is 0.842 bits per heavy atom. The third kappa shape index (κ3) is 2.41. The summed E-state index contributed by atoms with van der Waals surface area (Å²) in [7, 11) is -0.998. The SMILES string of the molecule is COC(=O)C1=C(C(=O)OC)[C@@]2([Si](C)(C)C)[C@H]3[C@H]4[C@H](C[C@@H]4[Si](C)(C)C)[C@@H]4[C@H]2[C@]4(C24CC5CC(CC(C5)C2)C4)P13. The van der Waals surface area contributed by atoms with Crippen LogP contribution in [0.25, 0.3) is 0 Å². The summed E-state index contributed by atoms with van der Waals surface area (Å²) in [6.45, 7) is 15.3. The highest BCUT2D eigenvalue weighted by atomic mass is 31.1. The Bertz CT molecular complexity index is 1160. The lowest BCUT2D eigenvalue weighted by Gasteiger charge is -2.67. The molecule has 38 heavy (non-hydrogen) atoms. The van der Waals surface area contributed by atoms with Crippen LogP contribution in [0.15, 0.2) is 10.9 Å². The molecule has 3 heterocycles. The lowest BCUT2D eigenvalue weighted by atomic mass is 9.47. The maximum Gasteiger partial charge on any atom is 0.338 e. The van der Waals surface area contributed by atoms with Gasteiger partial charge >= 0.3 is 11.9 Å². The molecule has 2 saturated heterocycles. The maximum atomic E-state index is 14.0. The number of ether oxygens (including phenoxy) is 2. The summed E-state index contributed by atoms with van der Waals surface area (Å²) in [6, 6.07) is 0. The number of carbonyl (C=O) groups excluding carboxylic acids is 2. The van der Waals surface area contributed by atoms with E-state index in [-0.39, 0.29) is 17.0 Å². The minimum absolute atomic E-state index is 0.108. The van der Waals surface area contributed by atoms with Gasteiger partial charge in [0.1, 0.15) is 0 Å². The quantitative estimate of drug-likeness (QED) is 0.201. The number of hydrogen-bond donors (Lipinski definition) is 0. The van der Waals surface area contributed by atoms with Crippen LogP contribution < -0.4 is 0 Å². The molecule has 0 aromatic rings. The van der Waals surface area contributed by atoms with E-state index in [0.717, 1.165) is 46.0 Å². The van der Waals surface area contributed by atoms with Crippen LogP contribution in [0, 0.1) is 46.8 Å². The van der Waals surface area contributed by atoms with E-state index in [2.05, 4.69) is 39.3 Å². The molecule has 7 heteroatoms. The minimum atomic E-state index is -1.97. The molecular weight excluding hydrogens is 523 g/mol. The molecule has 9 atom stereocenters. The molecule has 7 saturated carbocycles. The molecule has 10 bridgehead atoms. The molecule has 0 aromatic carbocycles. The van der Waals surface area contributed by atoms with Crippen LogP contribution >= 0.6 is 7.92 Å². The Morgan fingerprint density at radius 2 is 1.39 bits per heavy atom. The Hall–Kier alpha value is -0.456. The number of esters is 2. The zero-order chi connectivity index (χ0) is 26.9. The number of hydrogen-bond acceptors (Lipinski definition) is 4. The summed E-state index contributed by atoms with van der Waals surface area (Å²) in [5.74, 6) is 5.26. The van der Waals surface area contributed by atoms with E-state index in [9.17, 15) is 9.59 Å². The Morgan fingerprint density at radius 3 is 1.87 bits per heavy atom. The van der Waals surface area contributed by atoms with Crippen LogP contribution in [0.1, 0.15) is 44.9 Å². The van der Waals surface area contributed by atoms with Crippen molar-refractivity contribution >= 4 is 36.0 Å². The van der Waals surface area contributed by atoms with E-state index in [1.165, 1.54) is 52.1 Å². The zero-order valence-electron chi connectivity index (χ0n) is 24.7. The second-order valence-corrected chi connectivity index (χ2v) is 30.4. The summed E-state index contributed by atoms with van der Waals surface area (Å²) >= 11 is 0. The van der Waals surface area contributed by atoms with Gasteiger partial charge in [-0.3, -0.25) is 0 Å². The van der Waals surface area contributed by atoms with Crippen LogP contribution in [0.4, 0.5) is 0 Å².